The molecule has 0 amide bonds. The summed E-state index contributed by atoms with van der Waals surface area (Å²) in [5.41, 5.74) is 6.34. The van der Waals surface area contributed by atoms with E-state index in [2.05, 4.69) is 10.2 Å². The second-order valence-electron chi connectivity index (χ2n) is 3.39. The first-order valence-electron chi connectivity index (χ1n) is 5.11. The number of hydrogen-bond donors (Lipinski definition) is 1. The van der Waals surface area contributed by atoms with Crippen LogP contribution in [0.3, 0.4) is 0 Å². The molecule has 0 aliphatic rings. The summed E-state index contributed by atoms with van der Waals surface area (Å²) >= 11 is 7.67. The third-order valence-electron chi connectivity index (χ3n) is 2.23. The van der Waals surface area contributed by atoms with Crippen LogP contribution in [0.2, 0.25) is 5.02 Å². The number of halogens is 1. The lowest BCUT2D eigenvalue weighted by Gasteiger charge is -2.03. The molecule has 1 aromatic heterocycles. The van der Waals surface area contributed by atoms with Crippen molar-refractivity contribution in [1.29, 1.82) is 0 Å². The zero-order chi connectivity index (χ0) is 12.3. The van der Waals surface area contributed by atoms with Gasteiger partial charge in [0.05, 0.1) is 12.1 Å². The van der Waals surface area contributed by atoms with E-state index in [9.17, 15) is 0 Å². The van der Waals surface area contributed by atoms with Crippen LogP contribution in [0, 0.1) is 0 Å². The molecule has 0 unspecified atom stereocenters. The van der Waals surface area contributed by atoms with Crippen molar-refractivity contribution in [2.24, 2.45) is 5.73 Å². The van der Waals surface area contributed by atoms with Gasteiger partial charge in [-0.2, -0.15) is 0 Å². The zero-order valence-corrected chi connectivity index (χ0v) is 10.9. The molecule has 0 saturated heterocycles. The molecule has 1 aromatic carbocycles. The molecule has 17 heavy (non-hydrogen) atoms. The van der Waals surface area contributed by atoms with Gasteiger partial charge in [0.15, 0.2) is 0 Å². The van der Waals surface area contributed by atoms with E-state index in [1.165, 1.54) is 11.3 Å². The van der Waals surface area contributed by atoms with Crippen LogP contribution in [0.25, 0.3) is 10.6 Å². The Balaban J connectivity index is 2.32. The normalized spacial score (nSPS) is 10.5. The van der Waals surface area contributed by atoms with Gasteiger partial charge in [-0.3, -0.25) is 0 Å². The summed E-state index contributed by atoms with van der Waals surface area (Å²) in [7, 11) is 1.61. The highest BCUT2D eigenvalue weighted by molar-refractivity contribution is 7.14. The summed E-state index contributed by atoms with van der Waals surface area (Å²) < 4.78 is 5.10. The predicted molar refractivity (Wildman–Crippen MR) is 69.7 cm³/mol. The molecule has 0 aliphatic heterocycles. The van der Waals surface area contributed by atoms with Crippen molar-refractivity contribution >= 4 is 22.9 Å². The summed E-state index contributed by atoms with van der Waals surface area (Å²) in [5, 5.41) is 10.5. The van der Waals surface area contributed by atoms with Crippen LogP contribution in [0.15, 0.2) is 18.2 Å². The molecule has 0 radical (unpaired) electrons. The van der Waals surface area contributed by atoms with E-state index in [4.69, 9.17) is 22.1 Å². The molecule has 0 aliphatic carbocycles. The molecule has 0 atom stereocenters. The molecule has 0 saturated carbocycles. The van der Waals surface area contributed by atoms with Crippen LogP contribution in [-0.4, -0.2) is 23.9 Å². The molecular formula is C11H12ClN3OS. The first-order chi connectivity index (χ1) is 8.24. The van der Waals surface area contributed by atoms with E-state index in [1.807, 2.05) is 12.1 Å². The lowest BCUT2D eigenvalue weighted by molar-refractivity contribution is 0.415. The monoisotopic (exact) mass is 269 g/mol. The van der Waals surface area contributed by atoms with E-state index in [0.717, 1.165) is 27.7 Å². The van der Waals surface area contributed by atoms with Crippen LogP contribution in [0.1, 0.15) is 5.01 Å². The summed E-state index contributed by atoms with van der Waals surface area (Å²) in [5.74, 6) is 0.727. The van der Waals surface area contributed by atoms with Crippen LogP contribution in [0.4, 0.5) is 0 Å². The molecule has 0 bridgehead atoms. The minimum absolute atomic E-state index is 0.574. The van der Waals surface area contributed by atoms with Crippen molar-refractivity contribution in [1.82, 2.24) is 10.2 Å². The van der Waals surface area contributed by atoms with Gasteiger partial charge in [-0.15, -0.1) is 10.2 Å². The Morgan fingerprint density at radius 1 is 1.41 bits per heavy atom. The first kappa shape index (κ1) is 12.3. The Hall–Kier alpha value is -1.17. The van der Waals surface area contributed by atoms with Crippen LogP contribution in [-0.2, 0) is 6.42 Å². The Morgan fingerprint density at radius 2 is 2.24 bits per heavy atom. The maximum atomic E-state index is 6.16. The summed E-state index contributed by atoms with van der Waals surface area (Å²) in [4.78, 5) is 0. The molecule has 1 heterocycles. The smallest absolute Gasteiger partial charge is 0.149 e. The summed E-state index contributed by atoms with van der Waals surface area (Å²) in [6.07, 6.45) is 0.742. The van der Waals surface area contributed by atoms with Crippen molar-refractivity contribution in [3.05, 3.63) is 28.2 Å². The quantitative estimate of drug-likeness (QED) is 0.926. The van der Waals surface area contributed by atoms with Gasteiger partial charge in [-0.25, -0.2) is 0 Å². The fourth-order valence-corrected chi connectivity index (χ4v) is 2.59. The minimum atomic E-state index is 0.574. The van der Waals surface area contributed by atoms with Crippen molar-refractivity contribution in [3.8, 4) is 16.3 Å². The van der Waals surface area contributed by atoms with E-state index < -0.39 is 0 Å². The lowest BCUT2D eigenvalue weighted by atomic mass is 10.2. The topological polar surface area (TPSA) is 61.0 Å². The Kier molecular flexibility index (Phi) is 3.93. The van der Waals surface area contributed by atoms with Crippen LogP contribution < -0.4 is 10.5 Å². The van der Waals surface area contributed by atoms with Gasteiger partial charge in [0.2, 0.25) is 0 Å². The average molecular weight is 270 g/mol. The van der Waals surface area contributed by atoms with Crippen LogP contribution in [0.5, 0.6) is 5.75 Å². The standard InChI is InChI=1S/C11H12ClN3OS/c1-16-7-2-3-8(9(12)6-7)11-15-14-10(17-11)4-5-13/h2-3,6H,4-5,13H2,1H3. The number of methoxy groups -OCH3 is 1. The maximum Gasteiger partial charge on any atom is 0.149 e. The third kappa shape index (κ3) is 2.74. The summed E-state index contributed by atoms with van der Waals surface area (Å²) in [6.45, 7) is 0.574. The van der Waals surface area contributed by atoms with Gasteiger partial charge in [-0.1, -0.05) is 22.9 Å². The van der Waals surface area contributed by atoms with Crippen molar-refractivity contribution in [2.45, 2.75) is 6.42 Å². The number of aromatic nitrogens is 2. The molecule has 6 heteroatoms. The Morgan fingerprint density at radius 3 is 2.88 bits per heavy atom. The highest BCUT2D eigenvalue weighted by Crippen LogP contribution is 2.32. The zero-order valence-electron chi connectivity index (χ0n) is 9.31. The van der Waals surface area contributed by atoms with E-state index >= 15 is 0 Å². The van der Waals surface area contributed by atoms with Crippen molar-refractivity contribution < 1.29 is 4.74 Å². The van der Waals surface area contributed by atoms with Crippen molar-refractivity contribution in [3.63, 3.8) is 0 Å². The molecule has 0 spiro atoms. The summed E-state index contributed by atoms with van der Waals surface area (Å²) in [6, 6.07) is 5.50. The highest BCUT2D eigenvalue weighted by Gasteiger charge is 2.10. The second-order valence-corrected chi connectivity index (χ2v) is 4.85. The molecule has 4 nitrogen and oxygen atoms in total. The second kappa shape index (κ2) is 5.44. The minimum Gasteiger partial charge on any atom is -0.497 e. The largest absolute Gasteiger partial charge is 0.497 e. The molecule has 2 N–H and O–H groups in total. The number of benzene rings is 1. The highest BCUT2D eigenvalue weighted by atomic mass is 35.5. The number of hydrogen-bond acceptors (Lipinski definition) is 5. The maximum absolute atomic E-state index is 6.16. The molecule has 2 aromatic rings. The van der Waals surface area contributed by atoms with E-state index in [-0.39, 0.29) is 0 Å². The first-order valence-corrected chi connectivity index (χ1v) is 6.30. The SMILES string of the molecule is COc1ccc(-c2nnc(CCN)s2)c(Cl)c1. The number of nitrogens with zero attached hydrogens (tertiary/aromatic N) is 2. The Bertz CT molecular complexity index is 515. The molecule has 90 valence electrons. The fraction of sp³-hybridized carbons (Fsp3) is 0.273. The average Bonchev–Trinajstić information content (AvgIpc) is 2.78. The molecular weight excluding hydrogens is 258 g/mol. The van der Waals surface area contributed by atoms with E-state index in [0.29, 0.717) is 11.6 Å². The van der Waals surface area contributed by atoms with Gasteiger partial charge >= 0.3 is 0 Å². The molecule has 2 rings (SSSR count). The van der Waals surface area contributed by atoms with E-state index in [1.54, 1.807) is 13.2 Å². The fourth-order valence-electron chi connectivity index (χ4n) is 1.38. The number of ether oxygens (including phenoxy) is 1. The number of nitrogens with two attached hydrogens (primary N) is 1. The van der Waals surface area contributed by atoms with Crippen LogP contribution >= 0.6 is 22.9 Å². The number of rotatable bonds is 4. The van der Waals surface area contributed by atoms with Gasteiger partial charge in [0.1, 0.15) is 15.8 Å². The van der Waals surface area contributed by atoms with Gasteiger partial charge in [0, 0.05) is 12.0 Å². The third-order valence-corrected chi connectivity index (χ3v) is 3.56. The predicted octanol–water partition coefficient (Wildman–Crippen LogP) is 2.37. The lowest BCUT2D eigenvalue weighted by Crippen LogP contribution is -2.01. The Labute approximate surface area is 108 Å². The van der Waals surface area contributed by atoms with Gasteiger partial charge < -0.3 is 10.5 Å². The van der Waals surface area contributed by atoms with Crippen molar-refractivity contribution in [2.75, 3.05) is 13.7 Å². The molecule has 0 fully saturated rings. The van der Waals surface area contributed by atoms with Gasteiger partial charge in [-0.05, 0) is 24.7 Å². The van der Waals surface area contributed by atoms with Gasteiger partial charge in [0.25, 0.3) is 0 Å².